The number of rotatable bonds is 7. The van der Waals surface area contributed by atoms with Gasteiger partial charge in [0.1, 0.15) is 17.9 Å². The molecule has 0 unspecified atom stereocenters. The highest BCUT2D eigenvalue weighted by Gasteiger charge is 2.30. The molecule has 4 aromatic rings. The summed E-state index contributed by atoms with van der Waals surface area (Å²) in [7, 11) is 1.90. The van der Waals surface area contributed by atoms with Gasteiger partial charge in [-0.2, -0.15) is 10.4 Å². The molecule has 35 heavy (non-hydrogen) atoms. The van der Waals surface area contributed by atoms with Crippen molar-refractivity contribution in [1.29, 1.82) is 5.26 Å². The van der Waals surface area contributed by atoms with Gasteiger partial charge < -0.3 is 15.4 Å². The number of anilines is 1. The van der Waals surface area contributed by atoms with E-state index in [1.54, 1.807) is 16.9 Å². The summed E-state index contributed by atoms with van der Waals surface area (Å²) in [5.41, 5.74) is 5.55. The third kappa shape index (κ3) is 5.00. The molecule has 0 spiro atoms. The summed E-state index contributed by atoms with van der Waals surface area (Å²) in [6.07, 6.45) is 7.25. The van der Waals surface area contributed by atoms with Gasteiger partial charge in [-0.15, -0.1) is 0 Å². The highest BCUT2D eigenvalue weighted by atomic mass is 16.5. The van der Waals surface area contributed by atoms with E-state index in [1.807, 2.05) is 49.9 Å². The van der Waals surface area contributed by atoms with Crippen molar-refractivity contribution in [2.45, 2.75) is 25.0 Å². The molecular formula is C27H27N7O. The molecule has 2 N–H and O–H groups in total. The number of nitriles is 1. The molecule has 0 saturated heterocycles. The highest BCUT2D eigenvalue weighted by Crippen LogP contribution is 2.34. The van der Waals surface area contributed by atoms with Gasteiger partial charge in [0.2, 0.25) is 5.88 Å². The lowest BCUT2D eigenvalue weighted by Gasteiger charge is -2.34. The van der Waals surface area contributed by atoms with Crippen LogP contribution >= 0.6 is 0 Å². The average Bonchev–Trinajstić information content (AvgIpc) is 3.35. The zero-order valence-electron chi connectivity index (χ0n) is 19.7. The molecule has 4 heterocycles. The van der Waals surface area contributed by atoms with E-state index in [0.29, 0.717) is 18.1 Å². The average molecular weight is 466 g/mol. The number of fused-ring (bicyclic) bond motifs is 1. The number of benzene rings is 1. The number of hydrogen-bond donors (Lipinski definition) is 2. The van der Waals surface area contributed by atoms with Crippen molar-refractivity contribution in [3.05, 3.63) is 90.1 Å². The lowest BCUT2D eigenvalue weighted by molar-refractivity contribution is 0.149. The summed E-state index contributed by atoms with van der Waals surface area (Å²) < 4.78 is 8.19. The van der Waals surface area contributed by atoms with Crippen LogP contribution in [0.4, 0.5) is 5.69 Å². The first kappa shape index (κ1) is 22.6. The van der Waals surface area contributed by atoms with Gasteiger partial charge >= 0.3 is 0 Å². The number of pyridine rings is 2. The molecule has 0 bridgehead atoms. The van der Waals surface area contributed by atoms with Gasteiger partial charge in [-0.25, -0.2) is 9.97 Å². The van der Waals surface area contributed by atoms with Gasteiger partial charge in [-0.05, 0) is 29.2 Å². The summed E-state index contributed by atoms with van der Waals surface area (Å²) in [6, 6.07) is 18.1. The van der Waals surface area contributed by atoms with Crippen molar-refractivity contribution in [2.75, 3.05) is 18.4 Å². The fourth-order valence-electron chi connectivity index (χ4n) is 4.29. The van der Waals surface area contributed by atoms with E-state index in [9.17, 15) is 0 Å². The summed E-state index contributed by atoms with van der Waals surface area (Å²) in [4.78, 5) is 8.82. The van der Waals surface area contributed by atoms with Crippen LogP contribution in [0.1, 0.15) is 35.7 Å². The third-order valence-electron chi connectivity index (χ3n) is 6.29. The topological polar surface area (TPSA) is 101 Å². The van der Waals surface area contributed by atoms with Crippen molar-refractivity contribution in [3.8, 4) is 23.1 Å². The molecule has 8 heteroatoms. The smallest absolute Gasteiger partial charge is 0.237 e. The molecule has 0 fully saturated rings. The van der Waals surface area contributed by atoms with Crippen LogP contribution in [0, 0.1) is 11.3 Å². The summed E-state index contributed by atoms with van der Waals surface area (Å²) in [6.45, 7) is 3.52. The second-order valence-electron chi connectivity index (χ2n) is 8.80. The molecule has 1 aromatic carbocycles. The van der Waals surface area contributed by atoms with Crippen LogP contribution in [0.5, 0.6) is 5.88 Å². The molecular weight excluding hydrogens is 438 g/mol. The zero-order valence-corrected chi connectivity index (χ0v) is 19.7. The molecule has 0 amide bonds. The van der Waals surface area contributed by atoms with Crippen LogP contribution in [-0.4, -0.2) is 38.9 Å². The van der Waals surface area contributed by atoms with Crippen LogP contribution in [0.25, 0.3) is 11.1 Å². The first-order valence-electron chi connectivity index (χ1n) is 11.6. The van der Waals surface area contributed by atoms with E-state index >= 15 is 0 Å². The molecule has 0 aliphatic carbocycles. The van der Waals surface area contributed by atoms with E-state index in [4.69, 9.17) is 10.00 Å². The van der Waals surface area contributed by atoms with Crippen LogP contribution in [0.2, 0.25) is 0 Å². The molecule has 8 nitrogen and oxygen atoms in total. The van der Waals surface area contributed by atoms with E-state index in [1.165, 1.54) is 0 Å². The molecule has 1 aliphatic rings. The minimum atomic E-state index is -0.145. The number of aromatic nitrogens is 4. The molecule has 3 atom stereocenters. The van der Waals surface area contributed by atoms with Gasteiger partial charge in [0.05, 0.1) is 24.5 Å². The van der Waals surface area contributed by atoms with Crippen LogP contribution < -0.4 is 15.4 Å². The predicted octanol–water partition coefficient (Wildman–Crippen LogP) is 4.06. The van der Waals surface area contributed by atoms with Crippen molar-refractivity contribution < 1.29 is 4.74 Å². The minimum Gasteiger partial charge on any atom is -0.469 e. The second kappa shape index (κ2) is 9.95. The molecule has 0 radical (unpaired) electrons. The lowest BCUT2D eigenvalue weighted by Crippen LogP contribution is -2.43. The molecule has 1 aliphatic heterocycles. The van der Waals surface area contributed by atoms with Crippen molar-refractivity contribution in [3.63, 3.8) is 0 Å². The Kier molecular flexibility index (Phi) is 6.42. The van der Waals surface area contributed by atoms with Crippen LogP contribution in [0.3, 0.4) is 0 Å². The maximum atomic E-state index is 9.00. The molecule has 0 saturated carbocycles. The van der Waals surface area contributed by atoms with Gasteiger partial charge in [-0.3, -0.25) is 4.68 Å². The first-order chi connectivity index (χ1) is 17.1. The number of hydrogen-bond acceptors (Lipinski definition) is 7. The van der Waals surface area contributed by atoms with Gasteiger partial charge in [0, 0.05) is 43.3 Å². The van der Waals surface area contributed by atoms with E-state index < -0.39 is 0 Å². The Morgan fingerprint density at radius 2 is 1.97 bits per heavy atom. The highest BCUT2D eigenvalue weighted by molar-refractivity contribution is 5.69. The van der Waals surface area contributed by atoms with Gasteiger partial charge in [0.15, 0.2) is 0 Å². The number of ether oxygens (including phenoxy) is 1. The Morgan fingerprint density at radius 3 is 2.69 bits per heavy atom. The van der Waals surface area contributed by atoms with Crippen LogP contribution in [0.15, 0.2) is 73.3 Å². The Bertz CT molecular complexity index is 1330. The fourth-order valence-corrected chi connectivity index (χ4v) is 4.29. The quantitative estimate of drug-likeness (QED) is 0.425. The number of nitrogens with one attached hydrogen (secondary N) is 2. The Labute approximate surface area is 204 Å². The second-order valence-corrected chi connectivity index (χ2v) is 8.80. The summed E-state index contributed by atoms with van der Waals surface area (Å²) >= 11 is 0. The van der Waals surface area contributed by atoms with Gasteiger partial charge in [0.25, 0.3) is 0 Å². The predicted molar refractivity (Wildman–Crippen MR) is 134 cm³/mol. The lowest BCUT2D eigenvalue weighted by atomic mass is 9.97. The zero-order chi connectivity index (χ0) is 24.2. The largest absolute Gasteiger partial charge is 0.469 e. The SMILES string of the molecule is C[C@H](CN[C@H](c1ccccc1)[C@@H]1CNc2cc(-c3cnn(C)c3)cnc2O1)c1ccc(C#N)nc1. The molecule has 3 aromatic heterocycles. The van der Waals surface area contributed by atoms with E-state index in [0.717, 1.165) is 34.5 Å². The van der Waals surface area contributed by atoms with E-state index in [2.05, 4.69) is 56.9 Å². The number of aryl methyl sites for hydroxylation is 1. The van der Waals surface area contributed by atoms with Crippen LogP contribution in [-0.2, 0) is 7.05 Å². The third-order valence-corrected chi connectivity index (χ3v) is 6.29. The van der Waals surface area contributed by atoms with E-state index in [-0.39, 0.29) is 18.1 Å². The van der Waals surface area contributed by atoms with Gasteiger partial charge in [-0.1, -0.05) is 43.3 Å². The number of nitrogens with zero attached hydrogens (tertiary/aromatic N) is 5. The molecule has 5 rings (SSSR count). The van der Waals surface area contributed by atoms with Crippen molar-refractivity contribution in [2.24, 2.45) is 7.05 Å². The minimum absolute atomic E-state index is 0.0366. The maximum Gasteiger partial charge on any atom is 0.237 e. The normalized spacial score (nSPS) is 16.3. The first-order valence-corrected chi connectivity index (χ1v) is 11.6. The standard InChI is InChI=1S/C27H27N7O/c1-18(20-8-9-23(11-28)29-13-20)12-31-26(19-6-4-3-5-7-19)25-16-30-24-10-21(14-32-27(24)35-25)22-15-33-34(2)17-22/h3-10,13-15,17-18,25-26,30-31H,12,16H2,1-2H3/t18-,25+,26-/m1/s1. The Hall–Kier alpha value is -4.22. The summed E-state index contributed by atoms with van der Waals surface area (Å²) in [5, 5.41) is 20.5. The Morgan fingerprint density at radius 1 is 1.11 bits per heavy atom. The Balaban J connectivity index is 1.33. The van der Waals surface area contributed by atoms with Crippen molar-refractivity contribution >= 4 is 5.69 Å². The monoisotopic (exact) mass is 465 g/mol. The fraction of sp³-hybridized carbons (Fsp3) is 0.259. The molecule has 176 valence electrons. The maximum absolute atomic E-state index is 9.00. The van der Waals surface area contributed by atoms with Crippen molar-refractivity contribution in [1.82, 2.24) is 25.1 Å². The summed E-state index contributed by atoms with van der Waals surface area (Å²) in [5.74, 6) is 0.811.